The summed E-state index contributed by atoms with van der Waals surface area (Å²) in [5.41, 5.74) is 4.45. The van der Waals surface area contributed by atoms with Crippen molar-refractivity contribution in [3.05, 3.63) is 118 Å². The maximum Gasteiger partial charge on any atom is 0.150 e. The minimum absolute atomic E-state index is 0.122. The lowest BCUT2D eigenvalue weighted by atomic mass is 10.0. The Balaban J connectivity index is 1.37. The highest BCUT2D eigenvalue weighted by molar-refractivity contribution is 7.86. The number of ketones is 1. The first-order valence-corrected chi connectivity index (χ1v) is 12.8. The number of rotatable bonds is 9. The number of benzene rings is 4. The van der Waals surface area contributed by atoms with Gasteiger partial charge in [0.25, 0.3) is 0 Å². The Kier molecular flexibility index (Phi) is 8.17. The highest BCUT2D eigenvalue weighted by atomic mass is 35.5. The number of aryl methyl sites for hydroxylation is 1. The smallest absolute Gasteiger partial charge is 0.150 e. The van der Waals surface area contributed by atoms with Crippen LogP contribution in [-0.4, -0.2) is 9.99 Å². The van der Waals surface area contributed by atoms with Crippen LogP contribution in [0.5, 0.6) is 0 Å². The number of anilines is 1. The van der Waals surface area contributed by atoms with Gasteiger partial charge in [-0.1, -0.05) is 83.9 Å². The maximum absolute atomic E-state index is 13.1. The van der Waals surface area contributed by atoms with E-state index in [1.165, 1.54) is 0 Å². The van der Waals surface area contributed by atoms with E-state index in [-0.39, 0.29) is 5.78 Å². The summed E-state index contributed by atoms with van der Waals surface area (Å²) in [4.78, 5) is 13.2. The number of halogens is 2. The fraction of sp³-hybridized carbons (Fsp3) is 0.107. The number of carbonyl (C=O) groups is 1. The second-order valence-corrected chi connectivity index (χ2v) is 9.91. The molecule has 0 spiro atoms. The lowest BCUT2D eigenvalue weighted by Crippen LogP contribution is -2.07. The quantitative estimate of drug-likeness (QED) is 0.254. The van der Waals surface area contributed by atoms with E-state index in [1.54, 1.807) is 18.2 Å². The summed E-state index contributed by atoms with van der Waals surface area (Å²) in [5.74, 6) is 0.122. The van der Waals surface area contributed by atoms with Crippen molar-refractivity contribution in [2.75, 3.05) is 4.72 Å². The number of Topliss-reactive ketones (excluding diaryl/α,β-unsaturated/α-hetero) is 1. The average molecular weight is 508 g/mol. The van der Waals surface area contributed by atoms with Crippen LogP contribution in [0.25, 0.3) is 11.1 Å². The second kappa shape index (κ2) is 11.5. The van der Waals surface area contributed by atoms with Crippen LogP contribution in [0.2, 0.25) is 10.0 Å². The summed E-state index contributed by atoms with van der Waals surface area (Å²) in [6.45, 7) is 0. The number of carbonyl (C=O) groups excluding carboxylic acids is 1. The molecule has 1 N–H and O–H groups in total. The third-order valence-electron chi connectivity index (χ3n) is 5.42. The van der Waals surface area contributed by atoms with Crippen LogP contribution in [0.15, 0.2) is 102 Å². The molecule has 0 aliphatic heterocycles. The fourth-order valence-electron chi connectivity index (χ4n) is 3.66. The predicted octanol–water partition coefficient (Wildman–Crippen LogP) is 7.54. The molecule has 0 aliphatic carbocycles. The zero-order chi connectivity index (χ0) is 23.9. The monoisotopic (exact) mass is 507 g/mol. The summed E-state index contributed by atoms with van der Waals surface area (Å²) >= 11 is 12.2. The SMILES string of the molecule is O=C(CCc1cc(Cl)ccc1Cl)Cc1ccc(NS(=O)c2ccccc2-c2ccccc2)cc1. The first-order valence-electron chi connectivity index (χ1n) is 10.9. The van der Waals surface area contributed by atoms with Gasteiger partial charge in [0.2, 0.25) is 0 Å². The van der Waals surface area contributed by atoms with E-state index in [1.807, 2.05) is 78.9 Å². The van der Waals surface area contributed by atoms with Gasteiger partial charge in [-0.2, -0.15) is 0 Å². The van der Waals surface area contributed by atoms with Crippen molar-refractivity contribution in [3.8, 4) is 11.1 Å². The summed E-state index contributed by atoms with van der Waals surface area (Å²) in [7, 11) is -1.43. The van der Waals surface area contributed by atoms with Crippen molar-refractivity contribution in [1.82, 2.24) is 0 Å². The molecule has 172 valence electrons. The van der Waals surface area contributed by atoms with E-state index >= 15 is 0 Å². The van der Waals surface area contributed by atoms with Crippen molar-refractivity contribution in [2.24, 2.45) is 0 Å². The highest BCUT2D eigenvalue weighted by Gasteiger charge is 2.12. The molecule has 4 rings (SSSR count). The van der Waals surface area contributed by atoms with E-state index in [0.717, 1.165) is 27.9 Å². The molecule has 0 radical (unpaired) electrons. The predicted molar refractivity (Wildman–Crippen MR) is 142 cm³/mol. The van der Waals surface area contributed by atoms with Gasteiger partial charge in [0.1, 0.15) is 5.78 Å². The summed E-state index contributed by atoms with van der Waals surface area (Å²) < 4.78 is 16.1. The number of hydrogen-bond donors (Lipinski definition) is 1. The molecule has 3 nitrogen and oxygen atoms in total. The van der Waals surface area contributed by atoms with Gasteiger partial charge >= 0.3 is 0 Å². The Morgan fingerprint density at radius 3 is 2.29 bits per heavy atom. The van der Waals surface area contributed by atoms with Gasteiger partial charge in [-0.3, -0.25) is 4.79 Å². The lowest BCUT2D eigenvalue weighted by Gasteiger charge is -2.11. The van der Waals surface area contributed by atoms with Crippen LogP contribution in [0.1, 0.15) is 17.5 Å². The molecule has 1 unspecified atom stereocenters. The number of nitrogens with one attached hydrogen (secondary N) is 1. The highest BCUT2D eigenvalue weighted by Crippen LogP contribution is 2.27. The molecule has 0 aromatic heterocycles. The van der Waals surface area contributed by atoms with Crippen LogP contribution in [0.3, 0.4) is 0 Å². The van der Waals surface area contributed by atoms with E-state index in [9.17, 15) is 9.00 Å². The molecule has 34 heavy (non-hydrogen) atoms. The minimum Gasteiger partial charge on any atom is -0.301 e. The van der Waals surface area contributed by atoms with Crippen LogP contribution < -0.4 is 4.72 Å². The van der Waals surface area contributed by atoms with Crippen LogP contribution in [-0.2, 0) is 28.6 Å². The standard InChI is InChI=1S/C28H23Cl2NO2S/c29-23-13-17-27(30)22(19-23)12-16-25(32)18-20-10-14-24(15-11-20)31-34(33)28-9-5-4-8-26(28)21-6-2-1-3-7-21/h1-11,13-15,17,19,31H,12,16,18H2. The third-order valence-corrected chi connectivity index (χ3v) is 7.20. The Morgan fingerprint density at radius 1 is 0.824 bits per heavy atom. The Bertz CT molecular complexity index is 1310. The molecule has 6 heteroatoms. The van der Waals surface area contributed by atoms with Crippen molar-refractivity contribution in [1.29, 1.82) is 0 Å². The van der Waals surface area contributed by atoms with E-state index in [0.29, 0.717) is 34.2 Å². The van der Waals surface area contributed by atoms with Gasteiger partial charge in [0.05, 0.1) is 4.90 Å². The first kappa shape index (κ1) is 24.2. The van der Waals surface area contributed by atoms with Crippen molar-refractivity contribution in [3.63, 3.8) is 0 Å². The molecular weight excluding hydrogens is 485 g/mol. The van der Waals surface area contributed by atoms with Crippen LogP contribution in [0, 0.1) is 0 Å². The van der Waals surface area contributed by atoms with Gasteiger partial charge in [-0.25, -0.2) is 4.21 Å². The third kappa shape index (κ3) is 6.35. The molecule has 0 saturated carbocycles. The zero-order valence-electron chi connectivity index (χ0n) is 18.3. The van der Waals surface area contributed by atoms with Gasteiger partial charge in [0, 0.05) is 28.6 Å². The largest absolute Gasteiger partial charge is 0.301 e. The van der Waals surface area contributed by atoms with Gasteiger partial charge < -0.3 is 4.72 Å². The molecule has 0 fully saturated rings. The maximum atomic E-state index is 13.1. The molecular formula is C28H23Cl2NO2S. The van der Waals surface area contributed by atoms with Crippen LogP contribution >= 0.6 is 23.2 Å². The van der Waals surface area contributed by atoms with Crippen molar-refractivity contribution >= 4 is 45.7 Å². The molecule has 0 heterocycles. The van der Waals surface area contributed by atoms with Crippen molar-refractivity contribution in [2.45, 2.75) is 24.2 Å². The molecule has 0 saturated heterocycles. The normalized spacial score (nSPS) is 11.7. The summed E-state index contributed by atoms with van der Waals surface area (Å²) in [6.07, 6.45) is 1.27. The Labute approximate surface area is 212 Å². The molecule has 4 aromatic carbocycles. The zero-order valence-corrected chi connectivity index (χ0v) is 20.7. The topological polar surface area (TPSA) is 46.2 Å². The molecule has 4 aromatic rings. The Morgan fingerprint density at radius 2 is 1.53 bits per heavy atom. The first-order chi connectivity index (χ1) is 16.5. The molecule has 0 amide bonds. The fourth-order valence-corrected chi connectivity index (χ4v) is 5.12. The average Bonchev–Trinajstić information content (AvgIpc) is 2.86. The lowest BCUT2D eigenvalue weighted by molar-refractivity contribution is -0.118. The van der Waals surface area contributed by atoms with Gasteiger partial charge in [0.15, 0.2) is 11.0 Å². The van der Waals surface area contributed by atoms with E-state index in [2.05, 4.69) is 4.72 Å². The van der Waals surface area contributed by atoms with E-state index < -0.39 is 11.0 Å². The molecule has 1 atom stereocenters. The van der Waals surface area contributed by atoms with Crippen LogP contribution in [0.4, 0.5) is 5.69 Å². The molecule has 0 aliphatic rings. The summed E-state index contributed by atoms with van der Waals surface area (Å²) in [6, 6.07) is 30.3. The van der Waals surface area contributed by atoms with Gasteiger partial charge in [-0.15, -0.1) is 0 Å². The van der Waals surface area contributed by atoms with E-state index in [4.69, 9.17) is 23.2 Å². The second-order valence-electron chi connectivity index (χ2n) is 7.88. The summed E-state index contributed by atoms with van der Waals surface area (Å²) in [5, 5.41) is 1.23. The van der Waals surface area contributed by atoms with Crippen molar-refractivity contribution < 1.29 is 9.00 Å². The molecule has 0 bridgehead atoms. The number of hydrogen-bond acceptors (Lipinski definition) is 2. The van der Waals surface area contributed by atoms with Gasteiger partial charge in [-0.05, 0) is 65.1 Å². The minimum atomic E-state index is -1.43. The Hall–Kier alpha value is -2.92.